The van der Waals surface area contributed by atoms with Crippen LogP contribution in [0.1, 0.15) is 0 Å². The third-order valence-electron chi connectivity index (χ3n) is 2.36. The summed E-state index contributed by atoms with van der Waals surface area (Å²) in [6, 6.07) is 7.61. The Bertz CT molecular complexity index is 711. The molecule has 3 rings (SSSR count). The van der Waals surface area contributed by atoms with E-state index < -0.39 is 0 Å². The van der Waals surface area contributed by atoms with Gasteiger partial charge in [-0.3, -0.25) is 4.40 Å². The van der Waals surface area contributed by atoms with E-state index in [1.807, 2.05) is 41.1 Å². The van der Waals surface area contributed by atoms with Gasteiger partial charge in [0.1, 0.15) is 10.4 Å². The van der Waals surface area contributed by atoms with Gasteiger partial charge in [0, 0.05) is 18.6 Å². The van der Waals surface area contributed by atoms with E-state index in [0.29, 0.717) is 21.9 Å². The van der Waals surface area contributed by atoms with Crippen LogP contribution in [0.3, 0.4) is 0 Å². The Morgan fingerprint density at radius 1 is 1.17 bits per heavy atom. The molecule has 0 saturated carbocycles. The van der Waals surface area contributed by atoms with Gasteiger partial charge in [0.05, 0.1) is 4.47 Å². The van der Waals surface area contributed by atoms with Crippen molar-refractivity contribution in [3.05, 3.63) is 51.9 Å². The fraction of sp³-hybridized carbons (Fsp3) is 0. The Kier molecular flexibility index (Phi) is 3.05. The average Bonchev–Trinajstić information content (AvgIpc) is 2.80. The first kappa shape index (κ1) is 11.7. The summed E-state index contributed by atoms with van der Waals surface area (Å²) < 4.78 is 9.20. The van der Waals surface area contributed by atoms with Gasteiger partial charge in [-0.2, -0.15) is 0 Å². The predicted molar refractivity (Wildman–Crippen MR) is 74.9 cm³/mol. The highest BCUT2D eigenvalue weighted by Crippen LogP contribution is 2.30. The molecule has 0 aliphatic heterocycles. The van der Waals surface area contributed by atoms with Gasteiger partial charge in [-0.25, -0.2) is 9.97 Å². The molecule has 2 heterocycles. The zero-order valence-corrected chi connectivity index (χ0v) is 12.2. The fourth-order valence-electron chi connectivity index (χ4n) is 1.57. The molecule has 0 saturated heterocycles. The predicted octanol–water partition coefficient (Wildman–Crippen LogP) is 4.05. The van der Waals surface area contributed by atoms with Crippen molar-refractivity contribution in [1.82, 2.24) is 14.4 Å². The van der Waals surface area contributed by atoms with Crippen LogP contribution >= 0.6 is 31.9 Å². The maximum absolute atomic E-state index is 5.79. The highest BCUT2D eigenvalue weighted by Gasteiger charge is 2.10. The van der Waals surface area contributed by atoms with E-state index in [1.165, 1.54) is 0 Å². The lowest BCUT2D eigenvalue weighted by atomic mass is 10.3. The molecular weight excluding hydrogens is 362 g/mol. The minimum absolute atomic E-state index is 0.460. The van der Waals surface area contributed by atoms with E-state index in [-0.39, 0.29) is 0 Å². The average molecular weight is 369 g/mol. The number of nitrogens with zero attached hydrogens (tertiary/aromatic N) is 3. The lowest BCUT2D eigenvalue weighted by Gasteiger charge is -2.07. The Balaban J connectivity index is 2.10. The lowest BCUT2D eigenvalue weighted by molar-refractivity contribution is 0.461. The molecule has 90 valence electrons. The number of para-hydroxylation sites is 1. The first-order valence-electron chi connectivity index (χ1n) is 5.15. The zero-order chi connectivity index (χ0) is 12.5. The second-order valence-corrected chi connectivity index (χ2v) is 5.23. The molecule has 0 unspecified atom stereocenters. The number of halogens is 2. The second kappa shape index (κ2) is 4.70. The summed E-state index contributed by atoms with van der Waals surface area (Å²) in [5, 5.41) is 0. The van der Waals surface area contributed by atoms with Gasteiger partial charge in [0.2, 0.25) is 5.65 Å². The molecule has 0 bridgehead atoms. The van der Waals surface area contributed by atoms with Crippen LogP contribution in [-0.4, -0.2) is 14.4 Å². The Morgan fingerprint density at radius 3 is 2.83 bits per heavy atom. The Labute approximate surface area is 120 Å². The largest absolute Gasteiger partial charge is 0.435 e. The van der Waals surface area contributed by atoms with Crippen LogP contribution in [0.2, 0.25) is 0 Å². The van der Waals surface area contributed by atoms with Crippen molar-refractivity contribution >= 4 is 37.5 Å². The number of benzene rings is 1. The molecule has 4 nitrogen and oxygen atoms in total. The van der Waals surface area contributed by atoms with E-state index >= 15 is 0 Å². The molecule has 0 N–H and O–H groups in total. The maximum Gasteiger partial charge on any atom is 0.265 e. The standard InChI is InChI=1S/C12H7Br2N3O/c13-8-3-1-2-4-9(8)18-12-11-15-5-6-17(11)7-10(14)16-12/h1-7H. The Hall–Kier alpha value is -1.40. The van der Waals surface area contributed by atoms with Crippen LogP contribution in [0.5, 0.6) is 11.6 Å². The minimum Gasteiger partial charge on any atom is -0.435 e. The van der Waals surface area contributed by atoms with Gasteiger partial charge in [0.15, 0.2) is 0 Å². The fourth-order valence-corrected chi connectivity index (χ4v) is 2.32. The van der Waals surface area contributed by atoms with E-state index in [2.05, 4.69) is 41.8 Å². The van der Waals surface area contributed by atoms with Crippen LogP contribution < -0.4 is 4.74 Å². The number of fused-ring (bicyclic) bond motifs is 1. The summed E-state index contributed by atoms with van der Waals surface area (Å²) in [5.74, 6) is 1.16. The van der Waals surface area contributed by atoms with Crippen molar-refractivity contribution in [3.63, 3.8) is 0 Å². The molecule has 18 heavy (non-hydrogen) atoms. The van der Waals surface area contributed by atoms with E-state index in [9.17, 15) is 0 Å². The van der Waals surface area contributed by atoms with Crippen molar-refractivity contribution in [2.45, 2.75) is 0 Å². The molecule has 0 radical (unpaired) electrons. The van der Waals surface area contributed by atoms with Gasteiger partial charge >= 0.3 is 0 Å². The molecule has 0 aliphatic rings. The summed E-state index contributed by atoms with van der Waals surface area (Å²) in [6.07, 6.45) is 5.38. The van der Waals surface area contributed by atoms with Crippen LogP contribution in [0.25, 0.3) is 5.65 Å². The quantitative estimate of drug-likeness (QED) is 0.685. The number of ether oxygens (including phenoxy) is 1. The van der Waals surface area contributed by atoms with Gasteiger partial charge in [-0.1, -0.05) is 12.1 Å². The summed E-state index contributed by atoms with van der Waals surface area (Å²) >= 11 is 6.78. The highest BCUT2D eigenvalue weighted by molar-refractivity contribution is 9.10. The van der Waals surface area contributed by atoms with Crippen molar-refractivity contribution in [3.8, 4) is 11.6 Å². The van der Waals surface area contributed by atoms with Gasteiger partial charge in [0.25, 0.3) is 5.88 Å². The number of hydrogen-bond donors (Lipinski definition) is 0. The number of rotatable bonds is 2. The molecule has 1 aromatic carbocycles. The van der Waals surface area contributed by atoms with Gasteiger partial charge in [-0.05, 0) is 44.0 Å². The first-order chi connectivity index (χ1) is 8.74. The molecule has 0 amide bonds. The molecular formula is C12H7Br2N3O. The van der Waals surface area contributed by atoms with Crippen LogP contribution in [0, 0.1) is 0 Å². The molecule has 3 aromatic rings. The van der Waals surface area contributed by atoms with Crippen molar-refractivity contribution < 1.29 is 4.74 Å². The highest BCUT2D eigenvalue weighted by atomic mass is 79.9. The second-order valence-electron chi connectivity index (χ2n) is 3.56. The monoisotopic (exact) mass is 367 g/mol. The molecule has 0 fully saturated rings. The van der Waals surface area contributed by atoms with E-state index in [4.69, 9.17) is 4.74 Å². The third-order valence-corrected chi connectivity index (χ3v) is 3.39. The Morgan fingerprint density at radius 2 is 2.00 bits per heavy atom. The molecule has 2 aromatic heterocycles. The lowest BCUT2D eigenvalue weighted by Crippen LogP contribution is -1.95. The molecule has 0 aliphatic carbocycles. The number of imidazole rings is 1. The van der Waals surface area contributed by atoms with Crippen LogP contribution in [0.15, 0.2) is 51.9 Å². The maximum atomic E-state index is 5.79. The van der Waals surface area contributed by atoms with Crippen LogP contribution in [0.4, 0.5) is 0 Å². The van der Waals surface area contributed by atoms with Crippen molar-refractivity contribution in [2.24, 2.45) is 0 Å². The van der Waals surface area contributed by atoms with E-state index in [0.717, 1.165) is 4.47 Å². The number of hydrogen-bond acceptors (Lipinski definition) is 3. The van der Waals surface area contributed by atoms with Crippen molar-refractivity contribution in [1.29, 1.82) is 0 Å². The summed E-state index contributed by atoms with van der Waals surface area (Å²) in [7, 11) is 0. The SMILES string of the molecule is Brc1cn2ccnc2c(Oc2ccccc2Br)n1. The van der Waals surface area contributed by atoms with Crippen LogP contribution in [-0.2, 0) is 0 Å². The molecule has 6 heteroatoms. The zero-order valence-electron chi connectivity index (χ0n) is 9.05. The molecule has 0 atom stereocenters. The smallest absolute Gasteiger partial charge is 0.265 e. The summed E-state index contributed by atoms with van der Waals surface area (Å²) in [5.41, 5.74) is 0.675. The summed E-state index contributed by atoms with van der Waals surface area (Å²) in [4.78, 5) is 8.53. The van der Waals surface area contributed by atoms with Gasteiger partial charge in [-0.15, -0.1) is 0 Å². The minimum atomic E-state index is 0.460. The first-order valence-corrected chi connectivity index (χ1v) is 6.74. The number of aromatic nitrogens is 3. The van der Waals surface area contributed by atoms with Crippen molar-refractivity contribution in [2.75, 3.05) is 0 Å². The van der Waals surface area contributed by atoms with E-state index in [1.54, 1.807) is 6.20 Å². The normalized spacial score (nSPS) is 10.8. The summed E-state index contributed by atoms with van der Waals surface area (Å²) in [6.45, 7) is 0. The molecule has 0 spiro atoms. The third kappa shape index (κ3) is 2.13. The topological polar surface area (TPSA) is 39.4 Å². The van der Waals surface area contributed by atoms with Gasteiger partial charge < -0.3 is 4.74 Å².